The van der Waals surface area contributed by atoms with Crippen LogP contribution in [0, 0.1) is 6.92 Å². The van der Waals surface area contributed by atoms with Crippen molar-refractivity contribution in [3.05, 3.63) is 23.4 Å². The maximum atomic E-state index is 9.67. The van der Waals surface area contributed by atoms with Crippen LogP contribution in [0.5, 0.6) is 5.75 Å². The average molecular weight is 190 g/mol. The zero-order chi connectivity index (χ0) is 10.3. The SMILES string of the molecule is CCc1c(C)[nH]c2c(O)cc(N)cc12. The number of aromatic hydroxyl groups is 1. The Balaban J connectivity index is 2.87. The summed E-state index contributed by atoms with van der Waals surface area (Å²) < 4.78 is 0. The molecule has 0 bridgehead atoms. The lowest BCUT2D eigenvalue weighted by Gasteiger charge is -1.99. The molecule has 0 fully saturated rings. The number of aromatic amines is 1. The summed E-state index contributed by atoms with van der Waals surface area (Å²) in [6, 6.07) is 3.47. The van der Waals surface area contributed by atoms with E-state index in [-0.39, 0.29) is 5.75 Å². The summed E-state index contributed by atoms with van der Waals surface area (Å²) >= 11 is 0. The van der Waals surface area contributed by atoms with Gasteiger partial charge in [-0.1, -0.05) is 6.92 Å². The van der Waals surface area contributed by atoms with Gasteiger partial charge in [0.25, 0.3) is 0 Å². The number of fused-ring (bicyclic) bond motifs is 1. The second-order valence-corrected chi connectivity index (χ2v) is 3.54. The van der Waals surface area contributed by atoms with Gasteiger partial charge in [-0.05, 0) is 25.0 Å². The number of hydrogen-bond donors (Lipinski definition) is 3. The van der Waals surface area contributed by atoms with Gasteiger partial charge in [0.05, 0.1) is 5.52 Å². The van der Waals surface area contributed by atoms with E-state index in [1.54, 1.807) is 6.07 Å². The van der Waals surface area contributed by atoms with Crippen LogP contribution in [0.3, 0.4) is 0 Å². The summed E-state index contributed by atoms with van der Waals surface area (Å²) in [6.45, 7) is 4.10. The molecular formula is C11H14N2O. The molecule has 1 aromatic heterocycles. The van der Waals surface area contributed by atoms with Crippen molar-refractivity contribution in [3.8, 4) is 5.75 Å². The number of nitrogen functional groups attached to an aromatic ring is 1. The maximum Gasteiger partial charge on any atom is 0.141 e. The van der Waals surface area contributed by atoms with Crippen molar-refractivity contribution in [2.45, 2.75) is 20.3 Å². The van der Waals surface area contributed by atoms with E-state index in [9.17, 15) is 5.11 Å². The van der Waals surface area contributed by atoms with Crippen LogP contribution in [0.2, 0.25) is 0 Å². The molecule has 0 aliphatic carbocycles. The van der Waals surface area contributed by atoms with Crippen LogP contribution in [0.1, 0.15) is 18.2 Å². The number of phenols is 1. The first kappa shape index (κ1) is 8.94. The first-order chi connectivity index (χ1) is 6.63. The van der Waals surface area contributed by atoms with Gasteiger partial charge in [-0.2, -0.15) is 0 Å². The average Bonchev–Trinajstić information content (AvgIpc) is 2.41. The number of benzene rings is 1. The fourth-order valence-corrected chi connectivity index (χ4v) is 1.94. The highest BCUT2D eigenvalue weighted by molar-refractivity contribution is 5.92. The van der Waals surface area contributed by atoms with Crippen molar-refractivity contribution in [2.75, 3.05) is 5.73 Å². The molecule has 0 unspecified atom stereocenters. The number of H-pyrrole nitrogens is 1. The lowest BCUT2D eigenvalue weighted by molar-refractivity contribution is 0.481. The molecule has 1 heterocycles. The number of rotatable bonds is 1. The van der Waals surface area contributed by atoms with Gasteiger partial charge in [-0.3, -0.25) is 0 Å². The second kappa shape index (κ2) is 2.94. The van der Waals surface area contributed by atoms with E-state index in [1.165, 1.54) is 5.56 Å². The van der Waals surface area contributed by atoms with Crippen molar-refractivity contribution >= 4 is 16.6 Å². The third-order valence-electron chi connectivity index (χ3n) is 2.58. The first-order valence-electron chi connectivity index (χ1n) is 4.73. The summed E-state index contributed by atoms with van der Waals surface area (Å²) in [5.41, 5.74) is 9.40. The summed E-state index contributed by atoms with van der Waals surface area (Å²) in [5, 5.41) is 10.7. The molecule has 14 heavy (non-hydrogen) atoms. The Morgan fingerprint density at radius 3 is 2.79 bits per heavy atom. The van der Waals surface area contributed by atoms with E-state index in [1.807, 2.05) is 13.0 Å². The van der Waals surface area contributed by atoms with Crippen molar-refractivity contribution in [1.29, 1.82) is 0 Å². The molecular weight excluding hydrogens is 176 g/mol. The summed E-state index contributed by atoms with van der Waals surface area (Å²) in [4.78, 5) is 3.17. The van der Waals surface area contributed by atoms with E-state index in [0.717, 1.165) is 23.0 Å². The van der Waals surface area contributed by atoms with Crippen LogP contribution in [0.15, 0.2) is 12.1 Å². The lowest BCUT2D eigenvalue weighted by Crippen LogP contribution is -1.85. The molecule has 0 aliphatic rings. The minimum atomic E-state index is 0.225. The van der Waals surface area contributed by atoms with E-state index in [0.29, 0.717) is 5.69 Å². The Kier molecular flexibility index (Phi) is 1.88. The number of aryl methyl sites for hydroxylation is 2. The van der Waals surface area contributed by atoms with E-state index < -0.39 is 0 Å². The molecule has 0 saturated carbocycles. The molecule has 3 heteroatoms. The Morgan fingerprint density at radius 1 is 1.43 bits per heavy atom. The number of nitrogens with one attached hydrogen (secondary N) is 1. The van der Waals surface area contributed by atoms with Gasteiger partial charge in [0.1, 0.15) is 5.75 Å². The summed E-state index contributed by atoms with van der Waals surface area (Å²) in [5.74, 6) is 0.225. The molecule has 0 aliphatic heterocycles. The van der Waals surface area contributed by atoms with Crippen molar-refractivity contribution < 1.29 is 5.11 Å². The highest BCUT2D eigenvalue weighted by atomic mass is 16.3. The third-order valence-corrected chi connectivity index (χ3v) is 2.58. The van der Waals surface area contributed by atoms with E-state index in [4.69, 9.17) is 5.73 Å². The van der Waals surface area contributed by atoms with Crippen LogP contribution in [0.4, 0.5) is 5.69 Å². The summed E-state index contributed by atoms with van der Waals surface area (Å²) in [7, 11) is 0. The van der Waals surface area contributed by atoms with Gasteiger partial charge in [0, 0.05) is 22.8 Å². The predicted molar refractivity (Wildman–Crippen MR) is 58.5 cm³/mol. The van der Waals surface area contributed by atoms with Crippen molar-refractivity contribution in [3.63, 3.8) is 0 Å². The zero-order valence-corrected chi connectivity index (χ0v) is 8.39. The lowest BCUT2D eigenvalue weighted by atomic mass is 10.1. The first-order valence-corrected chi connectivity index (χ1v) is 4.73. The smallest absolute Gasteiger partial charge is 0.141 e. The topological polar surface area (TPSA) is 62.0 Å². The fourth-order valence-electron chi connectivity index (χ4n) is 1.94. The van der Waals surface area contributed by atoms with Gasteiger partial charge in [-0.25, -0.2) is 0 Å². The minimum Gasteiger partial charge on any atom is -0.506 e. The fraction of sp³-hybridized carbons (Fsp3) is 0.273. The van der Waals surface area contributed by atoms with E-state index >= 15 is 0 Å². The highest BCUT2D eigenvalue weighted by Gasteiger charge is 2.10. The highest BCUT2D eigenvalue weighted by Crippen LogP contribution is 2.31. The van der Waals surface area contributed by atoms with Gasteiger partial charge in [0.2, 0.25) is 0 Å². The van der Waals surface area contributed by atoms with Crippen LogP contribution in [-0.4, -0.2) is 10.1 Å². The number of aromatic nitrogens is 1. The third kappa shape index (κ3) is 1.13. The normalized spacial score (nSPS) is 11.0. The maximum absolute atomic E-state index is 9.67. The molecule has 0 amide bonds. The summed E-state index contributed by atoms with van der Waals surface area (Å²) in [6.07, 6.45) is 0.939. The number of phenolic OH excluding ortho intramolecular Hbond substituents is 1. The quantitative estimate of drug-likeness (QED) is 0.604. The molecule has 4 N–H and O–H groups in total. The Morgan fingerprint density at radius 2 is 2.14 bits per heavy atom. The van der Waals surface area contributed by atoms with Crippen LogP contribution >= 0.6 is 0 Å². The molecule has 2 rings (SSSR count). The minimum absolute atomic E-state index is 0.225. The number of hydrogen-bond acceptors (Lipinski definition) is 2. The van der Waals surface area contributed by atoms with Crippen LogP contribution in [-0.2, 0) is 6.42 Å². The Bertz CT molecular complexity index is 485. The standard InChI is InChI=1S/C11H14N2O/c1-3-8-6(2)13-11-9(8)4-7(12)5-10(11)14/h4-5,13-14H,3,12H2,1-2H3. The molecule has 0 saturated heterocycles. The molecule has 1 aromatic carbocycles. The molecule has 0 spiro atoms. The molecule has 3 nitrogen and oxygen atoms in total. The van der Waals surface area contributed by atoms with Gasteiger partial charge in [0.15, 0.2) is 0 Å². The molecule has 2 aromatic rings. The predicted octanol–water partition coefficient (Wildman–Crippen LogP) is 2.33. The van der Waals surface area contributed by atoms with Crippen LogP contribution in [0.25, 0.3) is 10.9 Å². The molecule has 0 radical (unpaired) electrons. The monoisotopic (exact) mass is 190 g/mol. The van der Waals surface area contributed by atoms with E-state index in [2.05, 4.69) is 11.9 Å². The zero-order valence-electron chi connectivity index (χ0n) is 8.39. The number of nitrogens with two attached hydrogens (primary N) is 1. The van der Waals surface area contributed by atoms with Gasteiger partial charge in [-0.15, -0.1) is 0 Å². The molecule has 0 atom stereocenters. The van der Waals surface area contributed by atoms with Crippen LogP contribution < -0.4 is 5.73 Å². The van der Waals surface area contributed by atoms with Gasteiger partial charge < -0.3 is 15.8 Å². The largest absolute Gasteiger partial charge is 0.506 e. The van der Waals surface area contributed by atoms with Crippen molar-refractivity contribution in [2.24, 2.45) is 0 Å². The van der Waals surface area contributed by atoms with Gasteiger partial charge >= 0.3 is 0 Å². The second-order valence-electron chi connectivity index (χ2n) is 3.54. The Hall–Kier alpha value is -1.64. The number of anilines is 1. The molecule has 74 valence electrons. The van der Waals surface area contributed by atoms with Crippen molar-refractivity contribution in [1.82, 2.24) is 4.98 Å². The Labute approximate surface area is 82.6 Å².